The molecule has 0 spiro atoms. The zero-order valence-corrected chi connectivity index (χ0v) is 15.9. The van der Waals surface area contributed by atoms with Crippen molar-refractivity contribution in [2.45, 2.75) is 19.1 Å². The maximum atomic E-state index is 12.7. The number of aromatic nitrogens is 3. The molecule has 7 nitrogen and oxygen atoms in total. The quantitative estimate of drug-likeness (QED) is 0.674. The minimum atomic E-state index is -0.237. The molecular weight excluding hydrogens is 380 g/mol. The SMILES string of the molecule is O=C(CCn1nnc2ccccc2c1=O)N1CCOC(c2ccc(Cl)cc2)C1. The first kappa shape index (κ1) is 18.6. The van der Waals surface area contributed by atoms with Gasteiger partial charge < -0.3 is 9.64 Å². The molecule has 1 aliphatic rings. The Hall–Kier alpha value is -2.77. The summed E-state index contributed by atoms with van der Waals surface area (Å²) in [6, 6.07) is 14.5. The maximum absolute atomic E-state index is 12.7. The summed E-state index contributed by atoms with van der Waals surface area (Å²) >= 11 is 5.93. The number of fused-ring (bicyclic) bond motifs is 1. The zero-order chi connectivity index (χ0) is 19.5. The van der Waals surface area contributed by atoms with Crippen LogP contribution in [0.2, 0.25) is 5.02 Å². The molecule has 2 heterocycles. The number of halogens is 1. The van der Waals surface area contributed by atoms with Crippen LogP contribution in [0.1, 0.15) is 18.1 Å². The van der Waals surface area contributed by atoms with Gasteiger partial charge in [-0.1, -0.05) is 41.1 Å². The molecule has 1 fully saturated rings. The van der Waals surface area contributed by atoms with Gasteiger partial charge in [0, 0.05) is 18.0 Å². The van der Waals surface area contributed by atoms with E-state index in [1.807, 2.05) is 24.3 Å². The highest BCUT2D eigenvalue weighted by atomic mass is 35.5. The third-order valence-electron chi connectivity index (χ3n) is 4.83. The van der Waals surface area contributed by atoms with Crippen LogP contribution in [0.15, 0.2) is 53.3 Å². The van der Waals surface area contributed by atoms with Gasteiger partial charge in [0.25, 0.3) is 5.56 Å². The van der Waals surface area contributed by atoms with Crippen molar-refractivity contribution in [2.75, 3.05) is 19.7 Å². The minimum absolute atomic E-state index is 0.0378. The molecule has 1 aliphatic heterocycles. The standard InChI is InChI=1S/C20H19ClN4O3/c21-15-7-5-14(6-8-15)18-13-24(11-12-28-18)19(26)9-10-25-20(27)16-3-1-2-4-17(16)22-23-25/h1-8,18H,9-13H2. The molecule has 8 heteroatoms. The number of hydrogen-bond acceptors (Lipinski definition) is 5. The molecule has 0 aliphatic carbocycles. The fraction of sp³-hybridized carbons (Fsp3) is 0.300. The lowest BCUT2D eigenvalue weighted by Gasteiger charge is -2.33. The molecule has 4 rings (SSSR count). The number of amides is 1. The van der Waals surface area contributed by atoms with Gasteiger partial charge >= 0.3 is 0 Å². The number of hydrogen-bond donors (Lipinski definition) is 0. The summed E-state index contributed by atoms with van der Waals surface area (Å²) < 4.78 is 7.05. The molecule has 0 radical (unpaired) electrons. The van der Waals surface area contributed by atoms with E-state index in [1.165, 1.54) is 4.68 Å². The summed E-state index contributed by atoms with van der Waals surface area (Å²) in [6.07, 6.45) is -0.00145. The largest absolute Gasteiger partial charge is 0.370 e. The maximum Gasteiger partial charge on any atom is 0.277 e. The molecule has 144 valence electrons. The van der Waals surface area contributed by atoms with Crippen molar-refractivity contribution in [3.05, 3.63) is 69.5 Å². The topological polar surface area (TPSA) is 77.3 Å². The van der Waals surface area contributed by atoms with E-state index in [4.69, 9.17) is 16.3 Å². The number of rotatable bonds is 4. The molecule has 1 unspecified atom stereocenters. The van der Waals surface area contributed by atoms with Crippen LogP contribution in [0.5, 0.6) is 0 Å². The molecule has 0 saturated carbocycles. The average molecular weight is 399 g/mol. The number of ether oxygens (including phenoxy) is 1. The summed E-state index contributed by atoms with van der Waals surface area (Å²) in [5, 5.41) is 9.15. The van der Waals surface area contributed by atoms with Gasteiger partial charge in [-0.25, -0.2) is 4.68 Å². The number of carbonyl (C=O) groups is 1. The Morgan fingerprint density at radius 3 is 2.79 bits per heavy atom. The number of carbonyl (C=O) groups excluding carboxylic acids is 1. The van der Waals surface area contributed by atoms with Crippen LogP contribution in [0.3, 0.4) is 0 Å². The predicted molar refractivity (Wildman–Crippen MR) is 105 cm³/mol. The Balaban J connectivity index is 1.41. The lowest BCUT2D eigenvalue weighted by atomic mass is 10.1. The first-order valence-electron chi connectivity index (χ1n) is 9.09. The van der Waals surface area contributed by atoms with E-state index in [0.29, 0.717) is 35.6 Å². The first-order chi connectivity index (χ1) is 13.6. The summed E-state index contributed by atoms with van der Waals surface area (Å²) in [5.41, 5.74) is 1.30. The van der Waals surface area contributed by atoms with Crippen molar-refractivity contribution in [3.8, 4) is 0 Å². The van der Waals surface area contributed by atoms with Crippen molar-refractivity contribution in [2.24, 2.45) is 0 Å². The Morgan fingerprint density at radius 2 is 1.96 bits per heavy atom. The van der Waals surface area contributed by atoms with Gasteiger partial charge in [0.1, 0.15) is 11.6 Å². The van der Waals surface area contributed by atoms with Gasteiger partial charge in [-0.2, -0.15) is 0 Å². The van der Waals surface area contributed by atoms with Gasteiger partial charge in [0.2, 0.25) is 5.91 Å². The highest BCUT2D eigenvalue weighted by Crippen LogP contribution is 2.24. The van der Waals surface area contributed by atoms with Gasteiger partial charge in [-0.15, -0.1) is 5.10 Å². The molecule has 3 aromatic rings. The van der Waals surface area contributed by atoms with E-state index in [9.17, 15) is 9.59 Å². The second-order valence-electron chi connectivity index (χ2n) is 6.64. The van der Waals surface area contributed by atoms with Gasteiger partial charge in [-0.05, 0) is 29.8 Å². The highest BCUT2D eigenvalue weighted by molar-refractivity contribution is 6.30. The van der Waals surface area contributed by atoms with E-state index < -0.39 is 0 Å². The van der Waals surface area contributed by atoms with E-state index in [2.05, 4.69) is 10.3 Å². The molecule has 0 bridgehead atoms. The Bertz CT molecular complexity index is 1050. The van der Waals surface area contributed by atoms with E-state index in [0.717, 1.165) is 5.56 Å². The van der Waals surface area contributed by atoms with Crippen molar-refractivity contribution in [3.63, 3.8) is 0 Å². The van der Waals surface area contributed by atoms with Crippen LogP contribution < -0.4 is 5.56 Å². The Morgan fingerprint density at radius 1 is 1.18 bits per heavy atom. The second kappa shape index (κ2) is 8.08. The van der Waals surface area contributed by atoms with Gasteiger partial charge in [0.05, 0.1) is 25.1 Å². The molecule has 2 aromatic carbocycles. The Kier molecular flexibility index (Phi) is 5.36. The van der Waals surface area contributed by atoms with E-state index in [1.54, 1.807) is 29.2 Å². The lowest BCUT2D eigenvalue weighted by molar-refractivity contribution is -0.139. The summed E-state index contributed by atoms with van der Waals surface area (Å²) in [7, 11) is 0. The first-order valence-corrected chi connectivity index (χ1v) is 9.47. The van der Waals surface area contributed by atoms with Crippen LogP contribution >= 0.6 is 11.6 Å². The van der Waals surface area contributed by atoms with E-state index >= 15 is 0 Å². The fourth-order valence-electron chi connectivity index (χ4n) is 3.28. The summed E-state index contributed by atoms with van der Waals surface area (Å²) in [4.78, 5) is 26.9. The molecule has 0 N–H and O–H groups in total. The van der Waals surface area contributed by atoms with Crippen molar-refractivity contribution < 1.29 is 9.53 Å². The normalized spacial score (nSPS) is 17.0. The minimum Gasteiger partial charge on any atom is -0.370 e. The van der Waals surface area contributed by atoms with Crippen LogP contribution in [0, 0.1) is 0 Å². The third kappa shape index (κ3) is 3.90. The third-order valence-corrected chi connectivity index (χ3v) is 5.08. The van der Waals surface area contributed by atoms with Crippen LogP contribution in [-0.4, -0.2) is 45.5 Å². The average Bonchev–Trinajstić information content (AvgIpc) is 2.74. The summed E-state index contributed by atoms with van der Waals surface area (Å²) in [5.74, 6) is -0.0378. The molecule has 1 atom stereocenters. The zero-order valence-electron chi connectivity index (χ0n) is 15.1. The summed E-state index contributed by atoms with van der Waals surface area (Å²) in [6.45, 7) is 1.66. The number of nitrogens with zero attached hydrogens (tertiary/aromatic N) is 4. The van der Waals surface area contributed by atoms with Crippen LogP contribution in [0.4, 0.5) is 0 Å². The van der Waals surface area contributed by atoms with Gasteiger partial charge in [-0.3, -0.25) is 9.59 Å². The second-order valence-corrected chi connectivity index (χ2v) is 7.07. The molecule has 1 saturated heterocycles. The van der Waals surface area contributed by atoms with Crippen molar-refractivity contribution in [1.29, 1.82) is 0 Å². The highest BCUT2D eigenvalue weighted by Gasteiger charge is 2.25. The van der Waals surface area contributed by atoms with Crippen LogP contribution in [-0.2, 0) is 16.1 Å². The van der Waals surface area contributed by atoms with Crippen LogP contribution in [0.25, 0.3) is 10.9 Å². The predicted octanol–water partition coefficient (Wildman–Crippen LogP) is 2.44. The molecule has 1 amide bonds. The smallest absolute Gasteiger partial charge is 0.277 e. The molecule has 28 heavy (non-hydrogen) atoms. The number of aryl methyl sites for hydroxylation is 1. The van der Waals surface area contributed by atoms with Crippen molar-refractivity contribution in [1.82, 2.24) is 19.9 Å². The fourth-order valence-corrected chi connectivity index (χ4v) is 3.41. The van der Waals surface area contributed by atoms with Gasteiger partial charge in [0.15, 0.2) is 0 Å². The molecular formula is C20H19ClN4O3. The lowest BCUT2D eigenvalue weighted by Crippen LogP contribution is -2.42. The molecule has 1 aromatic heterocycles. The Labute approximate surface area is 166 Å². The van der Waals surface area contributed by atoms with E-state index in [-0.39, 0.29) is 30.5 Å². The number of morpholine rings is 1. The monoisotopic (exact) mass is 398 g/mol. The van der Waals surface area contributed by atoms with Crippen molar-refractivity contribution >= 4 is 28.4 Å². The number of benzene rings is 2.